The van der Waals surface area contributed by atoms with Crippen LogP contribution < -0.4 is 5.32 Å². The largest absolute Gasteiger partial charge is 0.464 e. The SMILES string of the molecule is Cc1cc2occ(CNC(C)(C)C)c2c(C)c1Cl. The Labute approximate surface area is 113 Å². The van der Waals surface area contributed by atoms with E-state index in [0.29, 0.717) is 0 Å². The summed E-state index contributed by atoms with van der Waals surface area (Å²) in [6, 6.07) is 2.01. The molecule has 1 N–H and O–H groups in total. The van der Waals surface area contributed by atoms with Crippen molar-refractivity contribution in [3.05, 3.63) is 34.0 Å². The van der Waals surface area contributed by atoms with Crippen molar-refractivity contribution in [3.8, 4) is 0 Å². The van der Waals surface area contributed by atoms with E-state index in [-0.39, 0.29) is 5.54 Å². The van der Waals surface area contributed by atoms with E-state index >= 15 is 0 Å². The summed E-state index contributed by atoms with van der Waals surface area (Å²) in [6.07, 6.45) is 1.83. The Hall–Kier alpha value is -0.990. The van der Waals surface area contributed by atoms with Crippen LogP contribution in [0.25, 0.3) is 11.0 Å². The second-order valence-corrected chi connectivity index (χ2v) is 6.25. The van der Waals surface area contributed by atoms with Crippen LogP contribution in [-0.2, 0) is 6.54 Å². The van der Waals surface area contributed by atoms with Gasteiger partial charge in [0.2, 0.25) is 0 Å². The van der Waals surface area contributed by atoms with E-state index in [1.54, 1.807) is 0 Å². The maximum atomic E-state index is 6.31. The van der Waals surface area contributed by atoms with Crippen LogP contribution in [0.1, 0.15) is 37.5 Å². The summed E-state index contributed by atoms with van der Waals surface area (Å²) in [4.78, 5) is 0. The number of nitrogens with one attached hydrogen (secondary N) is 1. The van der Waals surface area contributed by atoms with E-state index in [0.717, 1.165) is 33.7 Å². The maximum Gasteiger partial charge on any atom is 0.134 e. The number of benzene rings is 1. The fourth-order valence-electron chi connectivity index (χ4n) is 2.10. The molecule has 18 heavy (non-hydrogen) atoms. The highest BCUT2D eigenvalue weighted by molar-refractivity contribution is 6.33. The summed E-state index contributed by atoms with van der Waals surface area (Å²) in [5, 5.41) is 5.45. The molecule has 0 spiro atoms. The third-order valence-electron chi connectivity index (χ3n) is 3.10. The molecule has 3 heteroatoms. The second-order valence-electron chi connectivity index (χ2n) is 5.87. The number of halogens is 1. The first kappa shape index (κ1) is 13.4. The number of aryl methyl sites for hydroxylation is 2. The number of rotatable bonds is 2. The van der Waals surface area contributed by atoms with Crippen molar-refractivity contribution in [2.24, 2.45) is 0 Å². The fraction of sp³-hybridized carbons (Fsp3) is 0.467. The van der Waals surface area contributed by atoms with Gasteiger partial charge in [-0.1, -0.05) is 11.6 Å². The highest BCUT2D eigenvalue weighted by Crippen LogP contribution is 2.32. The molecule has 1 heterocycles. The number of hydrogen-bond acceptors (Lipinski definition) is 2. The van der Waals surface area contributed by atoms with Gasteiger partial charge >= 0.3 is 0 Å². The van der Waals surface area contributed by atoms with Crippen LogP contribution in [0.4, 0.5) is 0 Å². The number of furan rings is 1. The van der Waals surface area contributed by atoms with Crippen molar-refractivity contribution < 1.29 is 4.42 Å². The van der Waals surface area contributed by atoms with E-state index < -0.39 is 0 Å². The lowest BCUT2D eigenvalue weighted by Gasteiger charge is -2.20. The molecular weight excluding hydrogens is 246 g/mol. The van der Waals surface area contributed by atoms with Crippen molar-refractivity contribution in [2.75, 3.05) is 0 Å². The quantitative estimate of drug-likeness (QED) is 0.859. The first-order valence-corrected chi connectivity index (χ1v) is 6.58. The molecule has 0 unspecified atom stereocenters. The summed E-state index contributed by atoms with van der Waals surface area (Å²) >= 11 is 6.31. The van der Waals surface area contributed by atoms with Crippen molar-refractivity contribution in [2.45, 2.75) is 46.7 Å². The summed E-state index contributed by atoms with van der Waals surface area (Å²) in [6.45, 7) is 11.3. The Morgan fingerprint density at radius 2 is 1.94 bits per heavy atom. The molecule has 0 amide bonds. The minimum absolute atomic E-state index is 0.0893. The summed E-state index contributed by atoms with van der Waals surface area (Å²) in [5.74, 6) is 0. The summed E-state index contributed by atoms with van der Waals surface area (Å²) in [5.41, 5.74) is 4.34. The zero-order chi connectivity index (χ0) is 13.5. The lowest BCUT2D eigenvalue weighted by Crippen LogP contribution is -2.34. The van der Waals surface area contributed by atoms with Crippen molar-refractivity contribution in [1.82, 2.24) is 5.32 Å². The van der Waals surface area contributed by atoms with Crippen LogP contribution >= 0.6 is 11.6 Å². The summed E-state index contributed by atoms with van der Waals surface area (Å²) < 4.78 is 5.63. The van der Waals surface area contributed by atoms with Crippen LogP contribution in [0.15, 0.2) is 16.7 Å². The van der Waals surface area contributed by atoms with Gasteiger partial charge in [-0.25, -0.2) is 0 Å². The monoisotopic (exact) mass is 265 g/mol. The van der Waals surface area contributed by atoms with Gasteiger partial charge in [0.25, 0.3) is 0 Å². The van der Waals surface area contributed by atoms with Gasteiger partial charge in [0.1, 0.15) is 5.58 Å². The predicted octanol–water partition coefficient (Wildman–Crippen LogP) is 4.59. The molecule has 0 fully saturated rings. The first-order chi connectivity index (χ1) is 8.29. The van der Waals surface area contributed by atoms with Gasteiger partial charge in [-0.15, -0.1) is 0 Å². The molecule has 0 atom stereocenters. The van der Waals surface area contributed by atoms with Crippen molar-refractivity contribution in [1.29, 1.82) is 0 Å². The van der Waals surface area contributed by atoms with Crippen LogP contribution in [0.3, 0.4) is 0 Å². The molecule has 0 saturated heterocycles. The zero-order valence-electron chi connectivity index (χ0n) is 11.6. The maximum absolute atomic E-state index is 6.31. The van der Waals surface area contributed by atoms with Crippen molar-refractivity contribution >= 4 is 22.6 Å². The molecule has 0 radical (unpaired) electrons. The zero-order valence-corrected chi connectivity index (χ0v) is 12.4. The summed E-state index contributed by atoms with van der Waals surface area (Å²) in [7, 11) is 0. The normalized spacial score (nSPS) is 12.3. The standard InChI is InChI=1S/C15H20ClNO/c1-9-6-12-13(10(2)14(9)16)11(8-18-12)7-17-15(3,4)5/h6,8,17H,7H2,1-5H3. The predicted molar refractivity (Wildman–Crippen MR) is 77.3 cm³/mol. The Morgan fingerprint density at radius 3 is 2.56 bits per heavy atom. The van der Waals surface area contributed by atoms with Gasteiger partial charge in [-0.3, -0.25) is 0 Å². The molecular formula is C15H20ClNO. The lowest BCUT2D eigenvalue weighted by molar-refractivity contribution is 0.423. The van der Waals surface area contributed by atoms with Gasteiger partial charge in [-0.2, -0.15) is 0 Å². The molecule has 0 bridgehead atoms. The number of hydrogen-bond donors (Lipinski definition) is 1. The molecule has 2 nitrogen and oxygen atoms in total. The molecule has 0 saturated carbocycles. The van der Waals surface area contributed by atoms with E-state index in [9.17, 15) is 0 Å². The smallest absolute Gasteiger partial charge is 0.134 e. The van der Waals surface area contributed by atoms with E-state index in [2.05, 4.69) is 26.1 Å². The Balaban J connectivity index is 2.44. The van der Waals surface area contributed by atoms with Gasteiger partial charge in [0.15, 0.2) is 0 Å². The van der Waals surface area contributed by atoms with Crippen LogP contribution in [0, 0.1) is 13.8 Å². The highest BCUT2D eigenvalue weighted by Gasteiger charge is 2.15. The average molecular weight is 266 g/mol. The van der Waals surface area contributed by atoms with Crippen LogP contribution in [0.2, 0.25) is 5.02 Å². The molecule has 0 aliphatic heterocycles. The lowest BCUT2D eigenvalue weighted by atomic mass is 10.0. The van der Waals surface area contributed by atoms with E-state index in [1.165, 1.54) is 5.56 Å². The molecule has 0 aliphatic rings. The van der Waals surface area contributed by atoms with Gasteiger partial charge < -0.3 is 9.73 Å². The molecule has 2 rings (SSSR count). The van der Waals surface area contributed by atoms with E-state index in [4.69, 9.17) is 16.0 Å². The average Bonchev–Trinajstić information content (AvgIpc) is 2.65. The highest BCUT2D eigenvalue weighted by atomic mass is 35.5. The van der Waals surface area contributed by atoms with E-state index in [1.807, 2.05) is 26.2 Å². The van der Waals surface area contributed by atoms with Crippen LogP contribution in [-0.4, -0.2) is 5.54 Å². The molecule has 0 aliphatic carbocycles. The molecule has 98 valence electrons. The molecule has 1 aromatic carbocycles. The Bertz CT molecular complexity index is 578. The number of fused-ring (bicyclic) bond motifs is 1. The second kappa shape index (κ2) is 4.60. The van der Waals surface area contributed by atoms with Gasteiger partial charge in [-0.05, 0) is 51.8 Å². The Kier molecular flexibility index (Phi) is 3.43. The Morgan fingerprint density at radius 1 is 1.28 bits per heavy atom. The van der Waals surface area contributed by atoms with Crippen molar-refractivity contribution in [3.63, 3.8) is 0 Å². The minimum Gasteiger partial charge on any atom is -0.464 e. The van der Waals surface area contributed by atoms with Gasteiger partial charge in [0, 0.05) is 28.1 Å². The molecule has 1 aromatic heterocycles. The first-order valence-electron chi connectivity index (χ1n) is 6.20. The third-order valence-corrected chi connectivity index (χ3v) is 3.68. The third kappa shape index (κ3) is 2.55. The minimum atomic E-state index is 0.0893. The van der Waals surface area contributed by atoms with Gasteiger partial charge in [0.05, 0.1) is 6.26 Å². The molecule has 2 aromatic rings. The van der Waals surface area contributed by atoms with Crippen LogP contribution in [0.5, 0.6) is 0 Å². The topological polar surface area (TPSA) is 25.2 Å². The fourth-order valence-corrected chi connectivity index (χ4v) is 2.25.